The molecule has 1 fully saturated rings. The van der Waals surface area contributed by atoms with Crippen LogP contribution in [0.1, 0.15) is 19.8 Å². The van der Waals surface area contributed by atoms with Crippen LogP contribution in [0.4, 0.5) is 0 Å². The molecule has 0 bridgehead atoms. The topological polar surface area (TPSA) is 61.8 Å². The lowest BCUT2D eigenvalue weighted by molar-refractivity contribution is -0.119. The average Bonchev–Trinajstić information content (AvgIpc) is 2.17. The monoisotopic (exact) mass is 230 g/mol. The molecule has 16 heavy (non-hydrogen) atoms. The largest absolute Gasteiger partial charge is 0.388 e. The van der Waals surface area contributed by atoms with Gasteiger partial charge in [0.25, 0.3) is 0 Å². The molecular weight excluding hydrogens is 208 g/mol. The second kappa shape index (κ2) is 6.18. The molecule has 0 aromatic heterocycles. The fraction of sp³-hybridized carbons (Fsp3) is 0.909. The third kappa shape index (κ3) is 4.92. The van der Waals surface area contributed by atoms with E-state index in [0.29, 0.717) is 39.1 Å². The molecule has 1 aliphatic heterocycles. The SMILES string of the molecule is CC(=O)NCCN(C)CC1(O)CCOCC1. The van der Waals surface area contributed by atoms with E-state index >= 15 is 0 Å². The minimum absolute atomic E-state index is 0.0156. The van der Waals surface area contributed by atoms with Gasteiger partial charge in [-0.3, -0.25) is 4.79 Å². The Hall–Kier alpha value is -0.650. The molecule has 1 heterocycles. The molecule has 0 atom stereocenters. The first kappa shape index (κ1) is 13.4. The van der Waals surface area contributed by atoms with Crippen molar-refractivity contribution in [3.8, 4) is 0 Å². The van der Waals surface area contributed by atoms with Crippen LogP contribution in [0.3, 0.4) is 0 Å². The molecule has 1 saturated heterocycles. The van der Waals surface area contributed by atoms with Gasteiger partial charge in [0, 0.05) is 52.6 Å². The van der Waals surface area contributed by atoms with Gasteiger partial charge >= 0.3 is 0 Å². The highest BCUT2D eigenvalue weighted by Crippen LogP contribution is 2.20. The van der Waals surface area contributed by atoms with E-state index in [4.69, 9.17) is 4.74 Å². The molecule has 5 nitrogen and oxygen atoms in total. The van der Waals surface area contributed by atoms with Gasteiger partial charge in [-0.15, -0.1) is 0 Å². The maximum Gasteiger partial charge on any atom is 0.216 e. The summed E-state index contributed by atoms with van der Waals surface area (Å²) < 4.78 is 5.22. The number of ether oxygens (including phenoxy) is 1. The number of carbonyl (C=O) groups excluding carboxylic acids is 1. The highest BCUT2D eigenvalue weighted by Gasteiger charge is 2.30. The number of amides is 1. The van der Waals surface area contributed by atoms with Gasteiger partial charge in [0.1, 0.15) is 0 Å². The quantitative estimate of drug-likeness (QED) is 0.674. The van der Waals surface area contributed by atoms with E-state index in [-0.39, 0.29) is 5.91 Å². The van der Waals surface area contributed by atoms with E-state index in [1.165, 1.54) is 6.92 Å². The van der Waals surface area contributed by atoms with Crippen molar-refractivity contribution in [2.24, 2.45) is 0 Å². The van der Waals surface area contributed by atoms with Crippen molar-refractivity contribution in [2.75, 3.05) is 39.9 Å². The van der Waals surface area contributed by atoms with E-state index in [1.807, 2.05) is 11.9 Å². The zero-order valence-corrected chi connectivity index (χ0v) is 10.2. The Morgan fingerprint density at radius 1 is 1.50 bits per heavy atom. The third-order valence-corrected chi connectivity index (χ3v) is 2.86. The predicted molar refractivity (Wildman–Crippen MR) is 61.2 cm³/mol. The summed E-state index contributed by atoms with van der Waals surface area (Å²) in [5.74, 6) is -0.0156. The average molecular weight is 230 g/mol. The molecule has 0 unspecified atom stereocenters. The Bertz CT molecular complexity index is 227. The normalized spacial score (nSPS) is 19.8. The smallest absolute Gasteiger partial charge is 0.216 e. The van der Waals surface area contributed by atoms with Gasteiger partial charge in [0.2, 0.25) is 5.91 Å². The molecule has 0 spiro atoms. The van der Waals surface area contributed by atoms with Crippen molar-refractivity contribution in [1.29, 1.82) is 0 Å². The summed E-state index contributed by atoms with van der Waals surface area (Å²) in [6.07, 6.45) is 1.38. The molecule has 0 radical (unpaired) electrons. The van der Waals surface area contributed by atoms with Crippen molar-refractivity contribution in [3.05, 3.63) is 0 Å². The molecule has 1 amide bonds. The summed E-state index contributed by atoms with van der Waals surface area (Å²) in [4.78, 5) is 12.7. The Morgan fingerprint density at radius 3 is 2.69 bits per heavy atom. The lowest BCUT2D eigenvalue weighted by Gasteiger charge is -2.35. The molecule has 0 saturated carbocycles. The highest BCUT2D eigenvalue weighted by molar-refractivity contribution is 5.72. The summed E-state index contributed by atoms with van der Waals surface area (Å²) in [6.45, 7) is 4.79. The van der Waals surface area contributed by atoms with E-state index in [2.05, 4.69) is 5.32 Å². The Morgan fingerprint density at radius 2 is 2.12 bits per heavy atom. The van der Waals surface area contributed by atoms with Crippen LogP contribution in [0.2, 0.25) is 0 Å². The number of carbonyl (C=O) groups is 1. The maximum atomic E-state index is 10.7. The first-order valence-electron chi connectivity index (χ1n) is 5.75. The highest BCUT2D eigenvalue weighted by atomic mass is 16.5. The number of aliphatic hydroxyl groups is 1. The molecule has 1 aliphatic rings. The van der Waals surface area contributed by atoms with Crippen molar-refractivity contribution in [3.63, 3.8) is 0 Å². The van der Waals surface area contributed by atoms with Crippen LogP contribution in [0.5, 0.6) is 0 Å². The summed E-state index contributed by atoms with van der Waals surface area (Å²) in [6, 6.07) is 0. The van der Waals surface area contributed by atoms with Gasteiger partial charge < -0.3 is 20.1 Å². The molecule has 0 aromatic rings. The minimum atomic E-state index is -0.622. The van der Waals surface area contributed by atoms with E-state index in [0.717, 1.165) is 6.54 Å². The molecule has 1 rings (SSSR count). The van der Waals surface area contributed by atoms with Gasteiger partial charge in [-0.2, -0.15) is 0 Å². The minimum Gasteiger partial charge on any atom is -0.388 e. The van der Waals surface area contributed by atoms with E-state index in [9.17, 15) is 9.90 Å². The third-order valence-electron chi connectivity index (χ3n) is 2.86. The molecule has 0 aromatic carbocycles. The second-order valence-electron chi connectivity index (χ2n) is 4.56. The summed E-state index contributed by atoms with van der Waals surface area (Å²) >= 11 is 0. The van der Waals surface area contributed by atoms with Crippen LogP contribution < -0.4 is 5.32 Å². The van der Waals surface area contributed by atoms with E-state index in [1.54, 1.807) is 0 Å². The van der Waals surface area contributed by atoms with Gasteiger partial charge in [-0.05, 0) is 7.05 Å². The first-order chi connectivity index (χ1) is 7.52. The zero-order chi connectivity index (χ0) is 12.0. The van der Waals surface area contributed by atoms with Crippen LogP contribution in [-0.2, 0) is 9.53 Å². The molecule has 5 heteroatoms. The predicted octanol–water partition coefficient (Wildman–Crippen LogP) is -0.404. The van der Waals surface area contributed by atoms with Crippen LogP contribution in [0.25, 0.3) is 0 Å². The number of hydrogen-bond donors (Lipinski definition) is 2. The summed E-state index contributed by atoms with van der Waals surface area (Å²) in [5, 5.41) is 13.0. The number of rotatable bonds is 5. The summed E-state index contributed by atoms with van der Waals surface area (Å²) in [5.41, 5.74) is -0.622. The van der Waals surface area contributed by atoms with Crippen molar-refractivity contribution >= 4 is 5.91 Å². The van der Waals surface area contributed by atoms with Gasteiger partial charge in [0.15, 0.2) is 0 Å². The lowest BCUT2D eigenvalue weighted by atomic mass is 9.94. The van der Waals surface area contributed by atoms with Crippen LogP contribution in [0, 0.1) is 0 Å². The molecular formula is C11H22N2O3. The summed E-state index contributed by atoms with van der Waals surface area (Å²) in [7, 11) is 1.95. The van der Waals surface area contributed by atoms with E-state index < -0.39 is 5.60 Å². The number of nitrogens with zero attached hydrogens (tertiary/aromatic N) is 1. The number of nitrogens with one attached hydrogen (secondary N) is 1. The van der Waals surface area contributed by atoms with Crippen LogP contribution in [0.15, 0.2) is 0 Å². The fourth-order valence-corrected chi connectivity index (χ4v) is 1.91. The Kier molecular flexibility index (Phi) is 5.18. The fourth-order valence-electron chi connectivity index (χ4n) is 1.91. The van der Waals surface area contributed by atoms with Crippen LogP contribution in [-0.4, -0.2) is 61.4 Å². The van der Waals surface area contributed by atoms with Crippen molar-refractivity contribution in [1.82, 2.24) is 10.2 Å². The Balaban J connectivity index is 2.21. The molecule has 0 aliphatic carbocycles. The van der Waals surface area contributed by atoms with Gasteiger partial charge in [-0.1, -0.05) is 0 Å². The Labute approximate surface area is 96.8 Å². The molecule has 94 valence electrons. The van der Waals surface area contributed by atoms with Gasteiger partial charge in [-0.25, -0.2) is 0 Å². The zero-order valence-electron chi connectivity index (χ0n) is 10.2. The van der Waals surface area contributed by atoms with Gasteiger partial charge in [0.05, 0.1) is 5.60 Å². The number of hydrogen-bond acceptors (Lipinski definition) is 4. The standard InChI is InChI=1S/C11H22N2O3/c1-10(14)12-5-6-13(2)9-11(15)3-7-16-8-4-11/h15H,3-9H2,1-2H3,(H,12,14). The lowest BCUT2D eigenvalue weighted by Crippen LogP contribution is -2.47. The van der Waals surface area contributed by atoms with Crippen molar-refractivity contribution < 1.29 is 14.6 Å². The second-order valence-corrected chi connectivity index (χ2v) is 4.56. The van der Waals surface area contributed by atoms with Crippen LogP contribution >= 0.6 is 0 Å². The first-order valence-corrected chi connectivity index (χ1v) is 5.75. The molecule has 2 N–H and O–H groups in total. The maximum absolute atomic E-state index is 10.7. The number of likely N-dealkylation sites (N-methyl/N-ethyl adjacent to an activating group) is 1. The van der Waals surface area contributed by atoms with Crippen molar-refractivity contribution in [2.45, 2.75) is 25.4 Å².